The molecule has 3 rings (SSSR count). The van der Waals surface area contributed by atoms with Gasteiger partial charge in [0.1, 0.15) is 16.5 Å². The van der Waals surface area contributed by atoms with Crippen LogP contribution in [0.4, 0.5) is 5.82 Å². The molecule has 0 aliphatic carbocycles. The molecule has 0 spiro atoms. The van der Waals surface area contributed by atoms with E-state index in [4.69, 9.17) is 9.47 Å². The summed E-state index contributed by atoms with van der Waals surface area (Å²) in [6, 6.07) is 5.77. The van der Waals surface area contributed by atoms with Crippen molar-refractivity contribution in [3.05, 3.63) is 36.0 Å². The molecule has 1 N–H and O–H groups in total. The van der Waals surface area contributed by atoms with Crippen LogP contribution in [0.2, 0.25) is 0 Å². The number of amides is 1. The molecule has 1 fully saturated rings. The lowest BCUT2D eigenvalue weighted by molar-refractivity contribution is -0.123. The first kappa shape index (κ1) is 25.7. The Morgan fingerprint density at radius 3 is 2.35 bits per heavy atom. The van der Waals surface area contributed by atoms with Gasteiger partial charge >= 0.3 is 5.97 Å². The number of benzene rings is 1. The average Bonchev–Trinajstić information content (AvgIpc) is 3.09. The maximum Gasteiger partial charge on any atom is 0.338 e. The maximum absolute atomic E-state index is 13.3. The highest BCUT2D eigenvalue weighted by molar-refractivity contribution is 7.89. The molecule has 1 aromatic heterocycles. The predicted octanol–water partition coefficient (Wildman–Crippen LogP) is 3.22. The Hall–Kier alpha value is -2.92. The zero-order valence-corrected chi connectivity index (χ0v) is 20.8. The van der Waals surface area contributed by atoms with Gasteiger partial charge < -0.3 is 14.8 Å². The number of esters is 1. The lowest BCUT2D eigenvalue weighted by Gasteiger charge is -2.21. The fourth-order valence-corrected chi connectivity index (χ4v) is 5.46. The molecule has 34 heavy (non-hydrogen) atoms. The van der Waals surface area contributed by atoms with E-state index >= 15 is 0 Å². The second kappa shape index (κ2) is 11.0. The summed E-state index contributed by atoms with van der Waals surface area (Å²) in [5, 5.41) is 6.84. The quantitative estimate of drug-likeness (QED) is 0.562. The highest BCUT2D eigenvalue weighted by atomic mass is 32.2. The van der Waals surface area contributed by atoms with Crippen LogP contribution < -0.4 is 10.1 Å². The van der Waals surface area contributed by atoms with Crippen LogP contribution in [0.5, 0.6) is 5.75 Å². The van der Waals surface area contributed by atoms with E-state index in [2.05, 4.69) is 10.4 Å². The molecule has 1 atom stereocenters. The van der Waals surface area contributed by atoms with Crippen molar-refractivity contribution < 1.29 is 27.5 Å². The molecule has 186 valence electrons. The van der Waals surface area contributed by atoms with Gasteiger partial charge in [-0.1, -0.05) is 12.8 Å². The smallest absolute Gasteiger partial charge is 0.338 e. The molecule has 0 unspecified atom stereocenters. The van der Waals surface area contributed by atoms with E-state index in [-0.39, 0.29) is 22.3 Å². The summed E-state index contributed by atoms with van der Waals surface area (Å²) in [6.07, 6.45) is 3.98. The first-order valence-corrected chi connectivity index (χ1v) is 12.8. The fourth-order valence-electron chi connectivity index (χ4n) is 3.76. The zero-order chi connectivity index (χ0) is 24.9. The molecule has 0 radical (unpaired) electrons. The van der Waals surface area contributed by atoms with Crippen molar-refractivity contribution in [3.8, 4) is 5.75 Å². The number of nitrogens with one attached hydrogen (secondary N) is 1. The second-order valence-corrected chi connectivity index (χ2v) is 10.4. The third kappa shape index (κ3) is 5.76. The number of rotatable bonds is 8. The van der Waals surface area contributed by atoms with Crippen molar-refractivity contribution in [2.24, 2.45) is 0 Å². The molecule has 1 aromatic carbocycles. The zero-order valence-electron chi connectivity index (χ0n) is 20.0. The minimum atomic E-state index is -3.86. The van der Waals surface area contributed by atoms with Gasteiger partial charge in [-0.3, -0.25) is 4.79 Å². The molecule has 2 aromatic rings. The number of ether oxygens (including phenoxy) is 2. The van der Waals surface area contributed by atoms with Crippen molar-refractivity contribution in [1.29, 1.82) is 0 Å². The van der Waals surface area contributed by atoms with Crippen LogP contribution in [0.1, 0.15) is 62.9 Å². The molecule has 11 heteroatoms. The summed E-state index contributed by atoms with van der Waals surface area (Å²) in [6.45, 7) is 6.14. The van der Waals surface area contributed by atoms with E-state index in [0.717, 1.165) is 25.7 Å². The molecule has 10 nitrogen and oxygen atoms in total. The molecule has 1 aliphatic rings. The number of nitrogens with zero attached hydrogens (tertiary/aromatic N) is 3. The Bertz CT molecular complexity index is 1120. The summed E-state index contributed by atoms with van der Waals surface area (Å²) in [5.41, 5.74) is 0.0149. The molecule has 1 aliphatic heterocycles. The molecule has 1 amide bonds. The first-order valence-electron chi connectivity index (χ1n) is 11.4. The van der Waals surface area contributed by atoms with Crippen molar-refractivity contribution in [3.63, 3.8) is 0 Å². The highest BCUT2D eigenvalue weighted by Gasteiger charge is 2.30. The highest BCUT2D eigenvalue weighted by Crippen LogP contribution is 2.30. The van der Waals surface area contributed by atoms with Crippen molar-refractivity contribution in [2.45, 2.75) is 63.5 Å². The Morgan fingerprint density at radius 2 is 1.74 bits per heavy atom. The Morgan fingerprint density at radius 1 is 1.06 bits per heavy atom. The average molecular weight is 493 g/mol. The number of sulfonamides is 1. The Kier molecular flexibility index (Phi) is 8.32. The first-order chi connectivity index (χ1) is 16.1. The van der Waals surface area contributed by atoms with Crippen molar-refractivity contribution >= 4 is 27.7 Å². The summed E-state index contributed by atoms with van der Waals surface area (Å²) >= 11 is 0. The summed E-state index contributed by atoms with van der Waals surface area (Å²) in [4.78, 5) is 25.3. The minimum absolute atomic E-state index is 0.0149. The Balaban J connectivity index is 1.77. The van der Waals surface area contributed by atoms with E-state index in [9.17, 15) is 18.0 Å². The molecule has 2 heterocycles. The van der Waals surface area contributed by atoms with E-state index in [0.29, 0.717) is 18.9 Å². The van der Waals surface area contributed by atoms with Gasteiger partial charge in [-0.15, -0.1) is 0 Å². The van der Waals surface area contributed by atoms with Crippen LogP contribution in [0.3, 0.4) is 0 Å². The normalized spacial score (nSPS) is 16.0. The number of hydrogen-bond acceptors (Lipinski definition) is 7. The number of hydrogen-bond donors (Lipinski definition) is 1. The van der Waals surface area contributed by atoms with Crippen LogP contribution in [0, 0.1) is 0 Å². The monoisotopic (exact) mass is 492 g/mol. The molecular weight excluding hydrogens is 460 g/mol. The third-order valence-corrected chi connectivity index (χ3v) is 7.57. The summed E-state index contributed by atoms with van der Waals surface area (Å²) < 4.78 is 40.3. The van der Waals surface area contributed by atoms with Gasteiger partial charge in [-0.25, -0.2) is 17.9 Å². The molecular formula is C23H32N4O6S. The van der Waals surface area contributed by atoms with Gasteiger partial charge in [0, 0.05) is 25.2 Å². The van der Waals surface area contributed by atoms with Crippen LogP contribution >= 0.6 is 0 Å². The van der Waals surface area contributed by atoms with Crippen LogP contribution in [0.25, 0.3) is 0 Å². The van der Waals surface area contributed by atoms with E-state index < -0.39 is 28.0 Å². The Labute approximate surface area is 200 Å². The number of anilines is 1. The third-order valence-electron chi connectivity index (χ3n) is 5.65. The van der Waals surface area contributed by atoms with Gasteiger partial charge in [0.25, 0.3) is 5.91 Å². The van der Waals surface area contributed by atoms with Crippen LogP contribution in [0.15, 0.2) is 35.4 Å². The lowest BCUT2D eigenvalue weighted by atomic mass is 10.2. The van der Waals surface area contributed by atoms with E-state index in [1.165, 1.54) is 36.5 Å². The van der Waals surface area contributed by atoms with Gasteiger partial charge in [0.05, 0.1) is 18.9 Å². The lowest BCUT2D eigenvalue weighted by Crippen LogP contribution is -2.32. The standard InChI is InChI=1S/C23H32N4O6S/c1-16(2)27-21(11-12-24-27)25-22(28)17(3)33-23(29)18-9-10-19(32-4)20(15-18)34(30,31)26-13-7-5-6-8-14-26/h9-12,15-17H,5-8,13-14H2,1-4H3,(H,25,28)/t17-/m1/s1. The number of carbonyl (C=O) groups is 2. The van der Waals surface area contributed by atoms with Crippen LogP contribution in [-0.2, 0) is 19.6 Å². The number of methoxy groups -OCH3 is 1. The molecule has 0 bridgehead atoms. The fraction of sp³-hybridized carbons (Fsp3) is 0.522. The predicted molar refractivity (Wildman–Crippen MR) is 126 cm³/mol. The van der Waals surface area contributed by atoms with E-state index in [1.807, 2.05) is 13.8 Å². The molecule has 1 saturated heterocycles. The topological polar surface area (TPSA) is 120 Å². The van der Waals surface area contributed by atoms with E-state index in [1.54, 1.807) is 16.9 Å². The van der Waals surface area contributed by atoms with Crippen LogP contribution in [-0.4, -0.2) is 60.7 Å². The molecule has 0 saturated carbocycles. The SMILES string of the molecule is COc1ccc(C(=O)O[C@H](C)C(=O)Nc2ccnn2C(C)C)cc1S(=O)(=O)N1CCCCCC1. The maximum atomic E-state index is 13.3. The largest absolute Gasteiger partial charge is 0.495 e. The van der Waals surface area contributed by atoms with Gasteiger partial charge in [0.2, 0.25) is 10.0 Å². The number of aromatic nitrogens is 2. The van der Waals surface area contributed by atoms with Gasteiger partial charge in [0.15, 0.2) is 6.10 Å². The van der Waals surface area contributed by atoms with Crippen molar-refractivity contribution in [1.82, 2.24) is 14.1 Å². The number of carbonyl (C=O) groups excluding carboxylic acids is 2. The van der Waals surface area contributed by atoms with Gasteiger partial charge in [-0.2, -0.15) is 9.40 Å². The summed E-state index contributed by atoms with van der Waals surface area (Å²) in [7, 11) is -2.49. The second-order valence-electron chi connectivity index (χ2n) is 8.48. The van der Waals surface area contributed by atoms with Crippen molar-refractivity contribution in [2.75, 3.05) is 25.5 Å². The van der Waals surface area contributed by atoms with Gasteiger partial charge in [-0.05, 0) is 51.8 Å². The summed E-state index contributed by atoms with van der Waals surface area (Å²) in [5.74, 6) is -0.705. The minimum Gasteiger partial charge on any atom is -0.495 e.